The van der Waals surface area contributed by atoms with Gasteiger partial charge >= 0.3 is 0 Å². The smallest absolute Gasteiger partial charge is 0.123 e. The lowest BCUT2D eigenvalue weighted by Gasteiger charge is -2.26. The summed E-state index contributed by atoms with van der Waals surface area (Å²) in [5.74, 6) is 0.908. The summed E-state index contributed by atoms with van der Waals surface area (Å²) in [7, 11) is 0. The van der Waals surface area contributed by atoms with E-state index in [4.69, 9.17) is 0 Å². The summed E-state index contributed by atoms with van der Waals surface area (Å²) in [6.45, 7) is 7.15. The molecule has 1 atom stereocenters. The molecule has 0 bridgehead atoms. The highest BCUT2D eigenvalue weighted by Gasteiger charge is 2.21. The number of hydrogen-bond donors (Lipinski definition) is 1. The fourth-order valence-electron chi connectivity index (χ4n) is 2.64. The molecule has 1 N–H and O–H groups in total. The molecule has 118 valence electrons. The van der Waals surface area contributed by atoms with Crippen LogP contribution in [0.4, 0.5) is 4.39 Å². The topological polar surface area (TPSA) is 29.9 Å². The van der Waals surface area contributed by atoms with Crippen LogP contribution in [0.15, 0.2) is 35.5 Å². The van der Waals surface area contributed by atoms with Gasteiger partial charge < -0.3 is 5.32 Å². The average molecular weight is 319 g/mol. The van der Waals surface area contributed by atoms with Crippen molar-refractivity contribution in [2.45, 2.75) is 50.2 Å². The maximum Gasteiger partial charge on any atom is 0.123 e. The average Bonchev–Trinajstić information content (AvgIpc) is 2.94. The summed E-state index contributed by atoms with van der Waals surface area (Å²) < 4.78 is 15.5. The Labute approximate surface area is 135 Å². The van der Waals surface area contributed by atoms with Gasteiger partial charge in [0.1, 0.15) is 5.82 Å². The normalized spacial score (nSPS) is 18.3. The molecule has 2 aromatic rings. The second kappa shape index (κ2) is 6.05. The van der Waals surface area contributed by atoms with Crippen LogP contribution < -0.4 is 5.32 Å². The number of thioether (sulfide) groups is 1. The van der Waals surface area contributed by atoms with Crippen LogP contribution in [0, 0.1) is 5.82 Å². The number of benzene rings is 1. The van der Waals surface area contributed by atoms with Crippen molar-refractivity contribution >= 4 is 11.8 Å². The fourth-order valence-corrected chi connectivity index (χ4v) is 3.74. The molecule has 0 amide bonds. The van der Waals surface area contributed by atoms with Gasteiger partial charge in [0.15, 0.2) is 0 Å². The highest BCUT2D eigenvalue weighted by Crippen LogP contribution is 2.36. The van der Waals surface area contributed by atoms with E-state index in [2.05, 4.69) is 37.4 Å². The molecular formula is C17H22FN3S. The van der Waals surface area contributed by atoms with E-state index in [-0.39, 0.29) is 17.4 Å². The third-order valence-electron chi connectivity index (χ3n) is 3.89. The van der Waals surface area contributed by atoms with E-state index in [1.807, 2.05) is 28.7 Å². The molecule has 3 rings (SSSR count). The number of rotatable bonds is 3. The standard InChI is InChI=1S/C17H22FN3S/c1-17(2,3)21-11-12(10-20-21)9-19-15-6-7-22-16-5-4-13(18)8-14(15)16/h4-5,8,10-11,15,19H,6-7,9H2,1-3H3/t15-/m0/s1. The first-order valence-corrected chi connectivity index (χ1v) is 8.62. The molecule has 0 spiro atoms. The van der Waals surface area contributed by atoms with Gasteiger partial charge in [-0.3, -0.25) is 4.68 Å². The van der Waals surface area contributed by atoms with Gasteiger partial charge in [-0.05, 0) is 56.7 Å². The van der Waals surface area contributed by atoms with Gasteiger partial charge in [0.25, 0.3) is 0 Å². The van der Waals surface area contributed by atoms with Crippen LogP contribution in [-0.4, -0.2) is 15.5 Å². The Balaban J connectivity index is 1.70. The second-order valence-electron chi connectivity index (χ2n) is 6.72. The number of aromatic nitrogens is 2. The van der Waals surface area contributed by atoms with Crippen LogP contribution in [0.1, 0.15) is 44.4 Å². The molecule has 0 radical (unpaired) electrons. The van der Waals surface area contributed by atoms with E-state index >= 15 is 0 Å². The van der Waals surface area contributed by atoms with Crippen molar-refractivity contribution in [3.05, 3.63) is 47.5 Å². The summed E-state index contributed by atoms with van der Waals surface area (Å²) in [6, 6.07) is 5.31. The number of halogens is 1. The lowest BCUT2D eigenvalue weighted by Crippen LogP contribution is -2.24. The van der Waals surface area contributed by atoms with Crippen molar-refractivity contribution in [2.75, 3.05) is 5.75 Å². The molecule has 0 fully saturated rings. The predicted molar refractivity (Wildman–Crippen MR) is 88.5 cm³/mol. The third-order valence-corrected chi connectivity index (χ3v) is 5.01. The predicted octanol–water partition coefficient (Wildman–Crippen LogP) is 4.10. The van der Waals surface area contributed by atoms with Gasteiger partial charge in [-0.1, -0.05) is 0 Å². The quantitative estimate of drug-likeness (QED) is 0.923. The second-order valence-corrected chi connectivity index (χ2v) is 7.85. The minimum Gasteiger partial charge on any atom is -0.306 e. The molecular weight excluding hydrogens is 297 g/mol. The minimum atomic E-state index is -0.159. The summed E-state index contributed by atoms with van der Waals surface area (Å²) in [5.41, 5.74) is 2.24. The maximum absolute atomic E-state index is 13.5. The van der Waals surface area contributed by atoms with Crippen LogP contribution in [0.5, 0.6) is 0 Å². The maximum atomic E-state index is 13.5. The zero-order chi connectivity index (χ0) is 15.7. The summed E-state index contributed by atoms with van der Waals surface area (Å²) in [6.07, 6.45) is 5.01. The molecule has 1 aromatic heterocycles. The lowest BCUT2D eigenvalue weighted by atomic mass is 10.0. The lowest BCUT2D eigenvalue weighted by molar-refractivity contribution is 0.355. The van der Waals surface area contributed by atoms with Crippen molar-refractivity contribution in [1.29, 1.82) is 0 Å². The minimum absolute atomic E-state index is 0.00451. The first kappa shape index (κ1) is 15.6. The van der Waals surface area contributed by atoms with Gasteiger partial charge in [-0.2, -0.15) is 5.10 Å². The molecule has 0 saturated heterocycles. The van der Waals surface area contributed by atoms with E-state index < -0.39 is 0 Å². The van der Waals surface area contributed by atoms with Crippen LogP contribution in [0.25, 0.3) is 0 Å². The Morgan fingerprint density at radius 2 is 2.23 bits per heavy atom. The van der Waals surface area contributed by atoms with Crippen LogP contribution >= 0.6 is 11.8 Å². The number of nitrogens with zero attached hydrogens (tertiary/aromatic N) is 2. The fraction of sp³-hybridized carbons (Fsp3) is 0.471. The first-order chi connectivity index (χ1) is 10.4. The molecule has 1 aliphatic heterocycles. The Kier molecular flexibility index (Phi) is 4.28. The molecule has 2 heterocycles. The Hall–Kier alpha value is -1.33. The summed E-state index contributed by atoms with van der Waals surface area (Å²) >= 11 is 1.81. The Bertz CT molecular complexity index is 660. The molecule has 5 heteroatoms. The van der Waals surface area contributed by atoms with Crippen LogP contribution in [0.2, 0.25) is 0 Å². The van der Waals surface area contributed by atoms with E-state index in [9.17, 15) is 4.39 Å². The van der Waals surface area contributed by atoms with Gasteiger partial charge in [0.05, 0.1) is 11.7 Å². The van der Waals surface area contributed by atoms with E-state index in [1.165, 1.54) is 4.90 Å². The highest BCUT2D eigenvalue weighted by molar-refractivity contribution is 7.99. The Morgan fingerprint density at radius 3 is 2.95 bits per heavy atom. The highest BCUT2D eigenvalue weighted by atomic mass is 32.2. The largest absolute Gasteiger partial charge is 0.306 e. The molecule has 0 unspecified atom stereocenters. The number of fused-ring (bicyclic) bond motifs is 1. The SMILES string of the molecule is CC(C)(C)n1cc(CN[C@H]2CCSc3ccc(F)cc32)cn1. The molecule has 0 aliphatic carbocycles. The molecule has 1 aliphatic rings. The molecule has 22 heavy (non-hydrogen) atoms. The van der Waals surface area contributed by atoms with E-state index in [1.54, 1.807) is 12.1 Å². The van der Waals surface area contributed by atoms with Crippen molar-refractivity contribution in [2.24, 2.45) is 0 Å². The van der Waals surface area contributed by atoms with Crippen LogP contribution in [-0.2, 0) is 12.1 Å². The van der Waals surface area contributed by atoms with Gasteiger partial charge in [0, 0.05) is 29.2 Å². The monoisotopic (exact) mass is 319 g/mol. The molecule has 1 aromatic carbocycles. The zero-order valence-corrected chi connectivity index (χ0v) is 14.1. The van der Waals surface area contributed by atoms with Crippen molar-refractivity contribution in [1.82, 2.24) is 15.1 Å². The van der Waals surface area contributed by atoms with Gasteiger partial charge in [-0.25, -0.2) is 4.39 Å². The van der Waals surface area contributed by atoms with Crippen molar-refractivity contribution < 1.29 is 4.39 Å². The van der Waals surface area contributed by atoms with Crippen molar-refractivity contribution in [3.8, 4) is 0 Å². The number of nitrogens with one attached hydrogen (secondary N) is 1. The Morgan fingerprint density at radius 1 is 1.41 bits per heavy atom. The molecule has 0 saturated carbocycles. The van der Waals surface area contributed by atoms with Gasteiger partial charge in [0.2, 0.25) is 0 Å². The zero-order valence-electron chi connectivity index (χ0n) is 13.3. The van der Waals surface area contributed by atoms with Crippen molar-refractivity contribution in [3.63, 3.8) is 0 Å². The summed E-state index contributed by atoms with van der Waals surface area (Å²) in [4.78, 5) is 1.19. The van der Waals surface area contributed by atoms with E-state index in [0.717, 1.165) is 29.8 Å². The summed E-state index contributed by atoms with van der Waals surface area (Å²) in [5, 5.41) is 7.97. The van der Waals surface area contributed by atoms with Crippen LogP contribution in [0.3, 0.4) is 0 Å². The van der Waals surface area contributed by atoms with E-state index in [0.29, 0.717) is 0 Å². The number of hydrogen-bond acceptors (Lipinski definition) is 3. The first-order valence-electron chi connectivity index (χ1n) is 7.63. The third kappa shape index (κ3) is 3.36. The van der Waals surface area contributed by atoms with Gasteiger partial charge in [-0.15, -0.1) is 11.8 Å². The molecule has 3 nitrogen and oxygen atoms in total.